The number of carbonyl (C=O) groups is 1. The van der Waals surface area contributed by atoms with Gasteiger partial charge in [0.05, 0.1) is 23.9 Å². The van der Waals surface area contributed by atoms with Gasteiger partial charge in [0.25, 0.3) is 0 Å². The average molecular weight is 278 g/mol. The van der Waals surface area contributed by atoms with E-state index in [1.54, 1.807) is 6.33 Å². The second kappa shape index (κ2) is 5.52. The van der Waals surface area contributed by atoms with Crippen molar-refractivity contribution in [3.05, 3.63) is 65.5 Å². The van der Waals surface area contributed by atoms with E-state index in [9.17, 15) is 4.79 Å². The van der Waals surface area contributed by atoms with Gasteiger partial charge in [-0.3, -0.25) is 4.79 Å². The van der Waals surface area contributed by atoms with Crippen molar-refractivity contribution in [3.63, 3.8) is 0 Å². The summed E-state index contributed by atoms with van der Waals surface area (Å²) < 4.78 is 1.92. The molecule has 0 aliphatic rings. The van der Waals surface area contributed by atoms with Crippen LogP contribution in [0.3, 0.4) is 0 Å². The largest absolute Gasteiger partial charge is 0.323 e. The molecule has 21 heavy (non-hydrogen) atoms. The zero-order valence-corrected chi connectivity index (χ0v) is 12.3. The molecule has 0 spiro atoms. The summed E-state index contributed by atoms with van der Waals surface area (Å²) in [5.41, 5.74) is 5.44. The Morgan fingerprint density at radius 1 is 1.05 bits per heavy atom. The minimum atomic E-state index is 0.204. The van der Waals surface area contributed by atoms with Gasteiger partial charge in [-0.25, -0.2) is 4.98 Å². The maximum atomic E-state index is 12.4. The number of Topliss-reactive ketones (excluding diaryl/α,β-unsaturated/α-hetero) is 1. The van der Waals surface area contributed by atoms with Crippen molar-refractivity contribution < 1.29 is 4.79 Å². The molecule has 0 N–H and O–H groups in total. The van der Waals surface area contributed by atoms with Crippen molar-refractivity contribution in [2.45, 2.75) is 26.8 Å². The van der Waals surface area contributed by atoms with E-state index in [0.717, 1.165) is 16.6 Å². The summed E-state index contributed by atoms with van der Waals surface area (Å²) in [4.78, 5) is 16.7. The number of hydrogen-bond donors (Lipinski definition) is 0. The highest BCUT2D eigenvalue weighted by Gasteiger charge is 2.11. The standard InChI is InChI=1S/C18H18N2O/c1-13-6-5-7-14(2)16(13)10-15(21)11-20-12-19-17-8-3-4-9-18(17)20/h3-9,12H,10-11H2,1-2H3. The van der Waals surface area contributed by atoms with Crippen LogP contribution >= 0.6 is 0 Å². The van der Waals surface area contributed by atoms with E-state index >= 15 is 0 Å². The zero-order chi connectivity index (χ0) is 14.8. The lowest BCUT2D eigenvalue weighted by Gasteiger charge is -2.09. The lowest BCUT2D eigenvalue weighted by molar-refractivity contribution is -0.118. The van der Waals surface area contributed by atoms with Crippen molar-refractivity contribution in [3.8, 4) is 0 Å². The maximum Gasteiger partial charge on any atom is 0.156 e. The Labute approximate surface area is 124 Å². The van der Waals surface area contributed by atoms with E-state index in [1.807, 2.05) is 34.9 Å². The fourth-order valence-corrected chi connectivity index (χ4v) is 2.71. The number of ketones is 1. The molecule has 3 aromatic rings. The van der Waals surface area contributed by atoms with Gasteiger partial charge in [0, 0.05) is 6.42 Å². The predicted molar refractivity (Wildman–Crippen MR) is 84.4 cm³/mol. The Kier molecular flexibility index (Phi) is 3.57. The molecular weight excluding hydrogens is 260 g/mol. The number of para-hydroxylation sites is 2. The SMILES string of the molecule is Cc1cccc(C)c1CC(=O)Cn1cnc2ccccc21. The van der Waals surface area contributed by atoms with Crippen LogP contribution in [0.4, 0.5) is 0 Å². The van der Waals surface area contributed by atoms with Crippen LogP contribution in [-0.2, 0) is 17.8 Å². The van der Waals surface area contributed by atoms with Gasteiger partial charge in [-0.05, 0) is 42.7 Å². The van der Waals surface area contributed by atoms with Gasteiger partial charge >= 0.3 is 0 Å². The Hall–Kier alpha value is -2.42. The van der Waals surface area contributed by atoms with Crippen LogP contribution in [0.15, 0.2) is 48.8 Å². The molecule has 3 nitrogen and oxygen atoms in total. The third-order valence-corrected chi connectivity index (χ3v) is 3.89. The van der Waals surface area contributed by atoms with Crippen LogP contribution in [0, 0.1) is 13.8 Å². The molecule has 2 aromatic carbocycles. The minimum Gasteiger partial charge on any atom is -0.323 e. The maximum absolute atomic E-state index is 12.4. The number of nitrogens with zero attached hydrogens (tertiary/aromatic N) is 2. The molecule has 3 rings (SSSR count). The van der Waals surface area contributed by atoms with Gasteiger partial charge in [0.1, 0.15) is 0 Å². The van der Waals surface area contributed by atoms with Crippen molar-refractivity contribution in [2.75, 3.05) is 0 Å². The molecule has 0 aliphatic carbocycles. The van der Waals surface area contributed by atoms with Gasteiger partial charge in [0.2, 0.25) is 0 Å². The molecule has 0 saturated heterocycles. The van der Waals surface area contributed by atoms with Crippen molar-refractivity contribution in [2.24, 2.45) is 0 Å². The van der Waals surface area contributed by atoms with Gasteiger partial charge in [-0.1, -0.05) is 30.3 Å². The van der Waals surface area contributed by atoms with Crippen LogP contribution in [0.2, 0.25) is 0 Å². The molecule has 0 bridgehead atoms. The first-order valence-electron chi connectivity index (χ1n) is 7.12. The van der Waals surface area contributed by atoms with Crippen LogP contribution in [0.1, 0.15) is 16.7 Å². The summed E-state index contributed by atoms with van der Waals surface area (Å²) in [7, 11) is 0. The number of rotatable bonds is 4. The number of benzene rings is 2. The average Bonchev–Trinajstić information content (AvgIpc) is 2.87. The molecule has 0 fully saturated rings. The Morgan fingerprint density at radius 2 is 1.76 bits per heavy atom. The monoisotopic (exact) mass is 278 g/mol. The molecule has 106 valence electrons. The quantitative estimate of drug-likeness (QED) is 0.732. The Bertz CT molecular complexity index is 782. The number of aryl methyl sites for hydroxylation is 2. The highest BCUT2D eigenvalue weighted by atomic mass is 16.1. The Morgan fingerprint density at radius 3 is 2.52 bits per heavy atom. The molecule has 1 aromatic heterocycles. The number of carbonyl (C=O) groups excluding carboxylic acids is 1. The summed E-state index contributed by atoms with van der Waals surface area (Å²) in [5, 5.41) is 0. The molecule has 0 saturated carbocycles. The molecular formula is C18H18N2O. The smallest absolute Gasteiger partial charge is 0.156 e. The first-order valence-corrected chi connectivity index (χ1v) is 7.12. The molecule has 0 unspecified atom stereocenters. The van der Waals surface area contributed by atoms with E-state index in [2.05, 4.69) is 31.0 Å². The van der Waals surface area contributed by atoms with Crippen LogP contribution in [0.5, 0.6) is 0 Å². The zero-order valence-electron chi connectivity index (χ0n) is 12.3. The van der Waals surface area contributed by atoms with Crippen LogP contribution < -0.4 is 0 Å². The van der Waals surface area contributed by atoms with E-state index in [-0.39, 0.29) is 5.78 Å². The fraction of sp³-hybridized carbons (Fsp3) is 0.222. The summed E-state index contributed by atoms with van der Waals surface area (Å²) in [6.07, 6.45) is 2.22. The van der Waals surface area contributed by atoms with Gasteiger partial charge < -0.3 is 4.57 Å². The number of fused-ring (bicyclic) bond motifs is 1. The van der Waals surface area contributed by atoms with Gasteiger partial charge in [-0.2, -0.15) is 0 Å². The summed E-state index contributed by atoms with van der Waals surface area (Å²) in [6, 6.07) is 14.0. The van der Waals surface area contributed by atoms with Crippen LogP contribution in [0.25, 0.3) is 11.0 Å². The molecule has 0 aliphatic heterocycles. The van der Waals surface area contributed by atoms with E-state index in [4.69, 9.17) is 0 Å². The first-order chi connectivity index (χ1) is 10.1. The number of imidazole rings is 1. The minimum absolute atomic E-state index is 0.204. The first kappa shape index (κ1) is 13.6. The second-order valence-corrected chi connectivity index (χ2v) is 5.45. The lowest BCUT2D eigenvalue weighted by atomic mass is 9.98. The van der Waals surface area contributed by atoms with E-state index in [0.29, 0.717) is 13.0 Å². The molecule has 0 atom stereocenters. The lowest BCUT2D eigenvalue weighted by Crippen LogP contribution is -2.13. The highest BCUT2D eigenvalue weighted by molar-refractivity contribution is 5.84. The highest BCUT2D eigenvalue weighted by Crippen LogP contribution is 2.16. The van der Waals surface area contributed by atoms with Gasteiger partial charge in [-0.15, -0.1) is 0 Å². The van der Waals surface area contributed by atoms with E-state index in [1.165, 1.54) is 11.1 Å². The van der Waals surface area contributed by atoms with Gasteiger partial charge in [0.15, 0.2) is 5.78 Å². The normalized spacial score (nSPS) is 11.0. The summed E-state index contributed by atoms with van der Waals surface area (Å²) in [6.45, 7) is 4.48. The number of aromatic nitrogens is 2. The second-order valence-electron chi connectivity index (χ2n) is 5.45. The Balaban J connectivity index is 1.81. The molecule has 1 heterocycles. The third-order valence-electron chi connectivity index (χ3n) is 3.89. The third kappa shape index (κ3) is 2.72. The molecule has 3 heteroatoms. The molecule has 0 radical (unpaired) electrons. The summed E-state index contributed by atoms with van der Waals surface area (Å²) >= 11 is 0. The van der Waals surface area contributed by atoms with Crippen LogP contribution in [-0.4, -0.2) is 15.3 Å². The van der Waals surface area contributed by atoms with Crippen molar-refractivity contribution >= 4 is 16.8 Å². The van der Waals surface area contributed by atoms with E-state index < -0.39 is 0 Å². The predicted octanol–water partition coefficient (Wildman–Crippen LogP) is 3.46. The topological polar surface area (TPSA) is 34.9 Å². The fourth-order valence-electron chi connectivity index (χ4n) is 2.71. The number of hydrogen-bond acceptors (Lipinski definition) is 2. The molecule has 0 amide bonds. The van der Waals surface area contributed by atoms with Crippen molar-refractivity contribution in [1.29, 1.82) is 0 Å². The van der Waals surface area contributed by atoms with Crippen molar-refractivity contribution in [1.82, 2.24) is 9.55 Å². The summed E-state index contributed by atoms with van der Waals surface area (Å²) in [5.74, 6) is 0.204.